The van der Waals surface area contributed by atoms with Crippen molar-refractivity contribution in [3.8, 4) is 5.75 Å². The highest BCUT2D eigenvalue weighted by Crippen LogP contribution is 2.28. The summed E-state index contributed by atoms with van der Waals surface area (Å²) in [6.45, 7) is 0.288. The summed E-state index contributed by atoms with van der Waals surface area (Å²) in [5, 5.41) is 10.5. The summed E-state index contributed by atoms with van der Waals surface area (Å²) < 4.78 is 21.7. The lowest BCUT2D eigenvalue weighted by molar-refractivity contribution is -0.118. The summed E-state index contributed by atoms with van der Waals surface area (Å²) in [6, 6.07) is 12.6. The molecular formula is C21H19FN4O2S. The van der Waals surface area contributed by atoms with Crippen LogP contribution in [0, 0.1) is 5.82 Å². The minimum absolute atomic E-state index is 0.114. The van der Waals surface area contributed by atoms with Crippen molar-refractivity contribution >= 4 is 17.7 Å². The van der Waals surface area contributed by atoms with Crippen LogP contribution in [0.15, 0.2) is 47.6 Å². The maximum absolute atomic E-state index is 14.1. The van der Waals surface area contributed by atoms with E-state index < -0.39 is 0 Å². The molecule has 0 unspecified atom stereocenters. The van der Waals surface area contributed by atoms with Crippen molar-refractivity contribution in [3.05, 3.63) is 70.8 Å². The number of aryl methyl sites for hydroxylation is 2. The van der Waals surface area contributed by atoms with E-state index in [0.717, 1.165) is 18.6 Å². The first-order valence-electron chi connectivity index (χ1n) is 9.55. The van der Waals surface area contributed by atoms with Gasteiger partial charge in [-0.3, -0.25) is 4.79 Å². The molecule has 5 rings (SSSR count). The molecule has 0 atom stereocenters. The average molecular weight is 410 g/mol. The molecular weight excluding hydrogens is 391 g/mol. The van der Waals surface area contributed by atoms with Crippen molar-refractivity contribution in [1.82, 2.24) is 14.9 Å². The molecule has 2 aromatic carbocycles. The van der Waals surface area contributed by atoms with Gasteiger partial charge in [0.25, 0.3) is 5.91 Å². The highest BCUT2D eigenvalue weighted by atomic mass is 32.2. The number of fused-ring (bicyclic) bond motifs is 2. The molecule has 2 aliphatic rings. The van der Waals surface area contributed by atoms with E-state index in [1.54, 1.807) is 22.9 Å². The Bertz CT molecular complexity index is 1080. The Labute approximate surface area is 171 Å². The van der Waals surface area contributed by atoms with Crippen LogP contribution in [0.25, 0.3) is 0 Å². The van der Waals surface area contributed by atoms with Gasteiger partial charge in [-0.05, 0) is 48.6 Å². The maximum atomic E-state index is 14.1. The number of halogens is 1. The Morgan fingerprint density at radius 3 is 2.86 bits per heavy atom. The smallest absolute Gasteiger partial charge is 0.252 e. The second kappa shape index (κ2) is 7.51. The summed E-state index contributed by atoms with van der Waals surface area (Å²) in [7, 11) is 0. The van der Waals surface area contributed by atoms with E-state index in [1.807, 2.05) is 6.07 Å². The predicted octanol–water partition coefficient (Wildman–Crippen LogP) is 3.26. The van der Waals surface area contributed by atoms with Crippen LogP contribution < -0.4 is 9.75 Å². The number of carbonyl (C=O) groups is 1. The van der Waals surface area contributed by atoms with E-state index in [4.69, 9.17) is 4.74 Å². The molecule has 0 spiro atoms. The van der Waals surface area contributed by atoms with Crippen LogP contribution in [0.4, 0.5) is 4.39 Å². The molecule has 148 valence electrons. The zero-order valence-electron chi connectivity index (χ0n) is 15.7. The number of hydrogen-bond acceptors (Lipinski definition) is 5. The monoisotopic (exact) mass is 410 g/mol. The molecule has 8 heteroatoms. The molecule has 6 nitrogen and oxygen atoms in total. The molecule has 1 aromatic heterocycles. The molecule has 1 aliphatic carbocycles. The molecule has 0 saturated heterocycles. The van der Waals surface area contributed by atoms with Gasteiger partial charge in [0.1, 0.15) is 18.2 Å². The van der Waals surface area contributed by atoms with Gasteiger partial charge in [-0.2, -0.15) is 0 Å². The second-order valence-corrected chi connectivity index (χ2v) is 8.06. The maximum Gasteiger partial charge on any atom is 0.252 e. The van der Waals surface area contributed by atoms with Gasteiger partial charge < -0.3 is 4.74 Å². The van der Waals surface area contributed by atoms with E-state index in [1.165, 1.54) is 40.4 Å². The third-order valence-electron chi connectivity index (χ3n) is 5.25. The van der Waals surface area contributed by atoms with Crippen LogP contribution >= 0.6 is 11.8 Å². The topological polar surface area (TPSA) is 60.2 Å². The summed E-state index contributed by atoms with van der Waals surface area (Å²) >= 11 is 1.32. The van der Waals surface area contributed by atoms with Crippen molar-refractivity contribution in [2.24, 2.45) is 0 Å². The van der Waals surface area contributed by atoms with Gasteiger partial charge in [-0.15, -0.1) is 10.2 Å². The van der Waals surface area contributed by atoms with Gasteiger partial charge in [0.2, 0.25) is 5.16 Å². The molecule has 0 saturated carbocycles. The van der Waals surface area contributed by atoms with Gasteiger partial charge >= 0.3 is 0 Å². The van der Waals surface area contributed by atoms with Gasteiger partial charge in [0, 0.05) is 5.56 Å². The Kier molecular flexibility index (Phi) is 4.71. The van der Waals surface area contributed by atoms with Crippen LogP contribution in [0.1, 0.15) is 28.9 Å². The molecule has 3 aromatic rings. The lowest BCUT2D eigenvalue weighted by Gasteiger charge is -2.29. The number of nitrogens with zero attached hydrogens (tertiary/aromatic N) is 4. The van der Waals surface area contributed by atoms with Crippen LogP contribution in [-0.2, 0) is 30.8 Å². The fourth-order valence-corrected chi connectivity index (χ4v) is 4.59. The molecule has 1 amide bonds. The van der Waals surface area contributed by atoms with Gasteiger partial charge in [0.05, 0.1) is 12.3 Å². The van der Waals surface area contributed by atoms with E-state index in [9.17, 15) is 9.18 Å². The number of rotatable bonds is 5. The first-order valence-corrected chi connectivity index (χ1v) is 10.5. The number of hydrogen-bond donors (Lipinski definition) is 0. The highest BCUT2D eigenvalue weighted by Gasteiger charge is 2.30. The molecule has 0 N–H and O–H groups in total. The largest absolute Gasteiger partial charge is 0.486 e. The van der Waals surface area contributed by atoms with Crippen molar-refractivity contribution < 1.29 is 13.9 Å². The summed E-state index contributed by atoms with van der Waals surface area (Å²) in [5.41, 5.74) is 3.16. The Balaban J connectivity index is 1.39. The van der Waals surface area contributed by atoms with Crippen LogP contribution in [-0.4, -0.2) is 26.5 Å². The van der Waals surface area contributed by atoms with Crippen LogP contribution in [0.3, 0.4) is 0 Å². The quantitative estimate of drug-likeness (QED) is 0.646. The Morgan fingerprint density at radius 1 is 1.10 bits per heavy atom. The highest BCUT2D eigenvalue weighted by molar-refractivity contribution is 7.99. The summed E-state index contributed by atoms with van der Waals surface area (Å²) in [4.78, 5) is 12.6. The molecule has 0 radical (unpaired) electrons. The number of carbonyl (C=O) groups excluding carboxylic acids is 1. The lowest BCUT2D eigenvalue weighted by Crippen LogP contribution is -2.45. The SMILES string of the molecule is O=C1CSc2nnc(COc3ccc4c(c3)CCC4)n2N1Cc1ccccc1F. The number of ether oxygens (including phenoxy) is 1. The third-order valence-corrected chi connectivity index (χ3v) is 6.15. The minimum Gasteiger partial charge on any atom is -0.486 e. The van der Waals surface area contributed by atoms with Crippen molar-refractivity contribution in [2.75, 3.05) is 10.8 Å². The van der Waals surface area contributed by atoms with Gasteiger partial charge in [-0.1, -0.05) is 36.0 Å². The number of aromatic nitrogens is 3. The zero-order valence-corrected chi connectivity index (χ0v) is 16.5. The first kappa shape index (κ1) is 18.2. The average Bonchev–Trinajstić information content (AvgIpc) is 3.36. The number of amides is 1. The van der Waals surface area contributed by atoms with Crippen molar-refractivity contribution in [1.29, 1.82) is 0 Å². The molecule has 29 heavy (non-hydrogen) atoms. The minimum atomic E-state index is -0.343. The zero-order chi connectivity index (χ0) is 19.8. The Morgan fingerprint density at radius 2 is 1.97 bits per heavy atom. The second-order valence-electron chi connectivity index (χ2n) is 7.11. The lowest BCUT2D eigenvalue weighted by atomic mass is 10.1. The third kappa shape index (κ3) is 3.48. The summed E-state index contributed by atoms with van der Waals surface area (Å²) in [5.74, 6) is 1.07. The van der Waals surface area contributed by atoms with E-state index in [0.29, 0.717) is 16.5 Å². The molecule has 0 fully saturated rings. The predicted molar refractivity (Wildman–Crippen MR) is 107 cm³/mol. The van der Waals surface area contributed by atoms with Gasteiger partial charge in [-0.25, -0.2) is 14.1 Å². The van der Waals surface area contributed by atoms with Crippen LogP contribution in [0.5, 0.6) is 5.75 Å². The molecule has 0 bridgehead atoms. The first-order chi connectivity index (χ1) is 14.2. The number of benzene rings is 2. The van der Waals surface area contributed by atoms with Gasteiger partial charge in [0.15, 0.2) is 5.82 Å². The van der Waals surface area contributed by atoms with E-state index in [-0.39, 0.29) is 30.6 Å². The molecule has 2 heterocycles. The normalized spacial score (nSPS) is 15.3. The number of thioether (sulfide) groups is 1. The summed E-state index contributed by atoms with van der Waals surface area (Å²) in [6.07, 6.45) is 3.38. The standard InChI is InChI=1S/C21H19FN4O2S/c22-18-7-2-1-4-16(18)11-25-20(27)13-29-21-24-23-19(26(21)25)12-28-17-9-8-14-5-3-6-15(14)10-17/h1-2,4,7-10H,3,5-6,11-13H2. The fraction of sp³-hybridized carbons (Fsp3) is 0.286. The Hall–Kier alpha value is -2.87. The van der Waals surface area contributed by atoms with E-state index >= 15 is 0 Å². The van der Waals surface area contributed by atoms with Crippen LogP contribution in [0.2, 0.25) is 0 Å². The van der Waals surface area contributed by atoms with Crippen molar-refractivity contribution in [3.63, 3.8) is 0 Å². The molecule has 1 aliphatic heterocycles. The van der Waals surface area contributed by atoms with E-state index in [2.05, 4.69) is 22.3 Å². The fourth-order valence-electron chi connectivity index (χ4n) is 3.76. The van der Waals surface area contributed by atoms with Crippen molar-refractivity contribution in [2.45, 2.75) is 37.6 Å².